The van der Waals surface area contributed by atoms with Crippen molar-refractivity contribution in [2.24, 2.45) is 5.92 Å². The van der Waals surface area contributed by atoms with Gasteiger partial charge in [0, 0.05) is 22.5 Å². The maximum absolute atomic E-state index is 12.5. The minimum absolute atomic E-state index is 0.0807. The van der Waals surface area contributed by atoms with Gasteiger partial charge in [-0.15, -0.1) is 0 Å². The van der Waals surface area contributed by atoms with Crippen LogP contribution >= 0.6 is 31.9 Å². The van der Waals surface area contributed by atoms with Crippen LogP contribution < -0.4 is 0 Å². The van der Waals surface area contributed by atoms with E-state index in [9.17, 15) is 4.79 Å². The Morgan fingerprint density at radius 1 is 1.35 bits per heavy atom. The first-order valence-corrected chi connectivity index (χ1v) is 8.45. The van der Waals surface area contributed by atoms with E-state index in [1.807, 2.05) is 30.1 Å². The lowest BCUT2D eigenvalue weighted by Crippen LogP contribution is -2.38. The van der Waals surface area contributed by atoms with Crippen LogP contribution in [0.25, 0.3) is 0 Å². The van der Waals surface area contributed by atoms with Gasteiger partial charge in [0.1, 0.15) is 0 Å². The molecule has 0 radical (unpaired) electrons. The van der Waals surface area contributed by atoms with Crippen molar-refractivity contribution in [1.82, 2.24) is 9.80 Å². The summed E-state index contributed by atoms with van der Waals surface area (Å²) >= 11 is 6.88. The fraction of sp³-hybridized carbons (Fsp3) is 0.533. The molecule has 1 aliphatic heterocycles. The van der Waals surface area contributed by atoms with Gasteiger partial charge in [-0.2, -0.15) is 0 Å². The topological polar surface area (TPSA) is 23.6 Å². The predicted octanol–water partition coefficient (Wildman–Crippen LogP) is 3.63. The molecule has 1 amide bonds. The Bertz CT molecular complexity index is 485. The first-order valence-electron chi connectivity index (χ1n) is 6.86. The lowest BCUT2D eigenvalue weighted by Gasteiger charge is -2.31. The van der Waals surface area contributed by atoms with Crippen LogP contribution in [0, 0.1) is 5.92 Å². The minimum Gasteiger partial charge on any atom is -0.341 e. The normalized spacial score (nSPS) is 17.2. The number of piperidine rings is 1. The third-order valence-corrected chi connectivity index (χ3v) is 5.06. The van der Waals surface area contributed by atoms with E-state index >= 15 is 0 Å². The van der Waals surface area contributed by atoms with Gasteiger partial charge >= 0.3 is 0 Å². The van der Waals surface area contributed by atoms with Crippen LogP contribution in [0.15, 0.2) is 27.1 Å². The van der Waals surface area contributed by atoms with Crippen LogP contribution in [0.1, 0.15) is 23.2 Å². The molecule has 1 aromatic carbocycles. The molecule has 0 aliphatic carbocycles. The van der Waals surface area contributed by atoms with Crippen LogP contribution in [-0.4, -0.2) is 49.4 Å². The lowest BCUT2D eigenvalue weighted by atomic mass is 9.96. The second-order valence-electron chi connectivity index (χ2n) is 5.56. The first-order chi connectivity index (χ1) is 9.47. The van der Waals surface area contributed by atoms with Crippen molar-refractivity contribution in [2.45, 2.75) is 12.8 Å². The molecule has 0 spiro atoms. The Labute approximate surface area is 137 Å². The van der Waals surface area contributed by atoms with Gasteiger partial charge in [0.05, 0.1) is 5.56 Å². The van der Waals surface area contributed by atoms with E-state index in [4.69, 9.17) is 0 Å². The Balaban J connectivity index is 1.99. The summed E-state index contributed by atoms with van der Waals surface area (Å²) < 4.78 is 1.78. The zero-order chi connectivity index (χ0) is 14.7. The smallest absolute Gasteiger partial charge is 0.254 e. The molecule has 1 aliphatic rings. The summed E-state index contributed by atoms with van der Waals surface area (Å²) in [6.45, 7) is 3.10. The maximum Gasteiger partial charge on any atom is 0.254 e. The van der Waals surface area contributed by atoms with Crippen molar-refractivity contribution in [2.75, 3.05) is 33.7 Å². The minimum atomic E-state index is 0.0807. The van der Waals surface area contributed by atoms with Gasteiger partial charge < -0.3 is 9.80 Å². The van der Waals surface area contributed by atoms with Crippen LogP contribution in [0.5, 0.6) is 0 Å². The Morgan fingerprint density at radius 3 is 2.65 bits per heavy atom. The standard InChI is InChI=1S/C15H20Br2N2O/c1-18-7-5-11(6-8-18)10-19(2)15(20)13-9-12(16)3-4-14(13)17/h3-4,9,11H,5-8,10H2,1-2H3. The molecule has 5 heteroatoms. The van der Waals surface area contributed by atoms with E-state index < -0.39 is 0 Å². The molecular formula is C15H20Br2N2O. The summed E-state index contributed by atoms with van der Waals surface area (Å²) in [4.78, 5) is 16.7. The molecule has 1 saturated heterocycles. The summed E-state index contributed by atoms with van der Waals surface area (Å²) in [6, 6.07) is 5.70. The molecule has 0 bridgehead atoms. The summed E-state index contributed by atoms with van der Waals surface area (Å²) in [7, 11) is 4.05. The van der Waals surface area contributed by atoms with E-state index in [0.717, 1.165) is 34.1 Å². The molecule has 1 aromatic rings. The molecular weight excluding hydrogens is 384 g/mol. The van der Waals surface area contributed by atoms with E-state index in [2.05, 4.69) is 43.8 Å². The van der Waals surface area contributed by atoms with Gasteiger partial charge in [0.2, 0.25) is 0 Å². The number of benzene rings is 1. The third-order valence-electron chi connectivity index (χ3n) is 3.88. The molecule has 110 valence electrons. The molecule has 3 nitrogen and oxygen atoms in total. The molecule has 20 heavy (non-hydrogen) atoms. The van der Waals surface area contributed by atoms with Gasteiger partial charge in [-0.3, -0.25) is 4.79 Å². The quantitative estimate of drug-likeness (QED) is 0.769. The highest BCUT2D eigenvalue weighted by Gasteiger charge is 2.22. The van der Waals surface area contributed by atoms with E-state index in [1.54, 1.807) is 0 Å². The van der Waals surface area contributed by atoms with Crippen molar-refractivity contribution in [1.29, 1.82) is 0 Å². The Hall–Kier alpha value is -0.390. The molecule has 0 saturated carbocycles. The molecule has 0 N–H and O–H groups in total. The van der Waals surface area contributed by atoms with Gasteiger partial charge in [-0.25, -0.2) is 0 Å². The maximum atomic E-state index is 12.5. The SMILES string of the molecule is CN1CCC(CN(C)C(=O)c2cc(Br)ccc2Br)CC1. The van der Waals surface area contributed by atoms with Crippen molar-refractivity contribution in [3.63, 3.8) is 0 Å². The van der Waals surface area contributed by atoms with Crippen LogP contribution in [0.3, 0.4) is 0 Å². The number of hydrogen-bond acceptors (Lipinski definition) is 2. The lowest BCUT2D eigenvalue weighted by molar-refractivity contribution is 0.0746. The third kappa shape index (κ3) is 4.06. The number of nitrogens with zero attached hydrogens (tertiary/aromatic N) is 2. The van der Waals surface area contributed by atoms with Gasteiger partial charge in [-0.1, -0.05) is 15.9 Å². The summed E-state index contributed by atoms with van der Waals surface area (Å²) in [5.41, 5.74) is 0.717. The Kier molecular flexibility index (Phi) is 5.64. The highest BCUT2D eigenvalue weighted by Crippen LogP contribution is 2.24. The number of hydrogen-bond donors (Lipinski definition) is 0. The fourth-order valence-electron chi connectivity index (χ4n) is 2.58. The van der Waals surface area contributed by atoms with Gasteiger partial charge in [0.15, 0.2) is 0 Å². The zero-order valence-corrected chi connectivity index (χ0v) is 15.1. The molecule has 1 heterocycles. The predicted molar refractivity (Wildman–Crippen MR) is 89.0 cm³/mol. The van der Waals surface area contributed by atoms with Crippen molar-refractivity contribution >= 4 is 37.8 Å². The number of halogens is 2. The summed E-state index contributed by atoms with van der Waals surface area (Å²) in [5, 5.41) is 0. The first kappa shape index (κ1) is 16.0. The number of amides is 1. The zero-order valence-electron chi connectivity index (χ0n) is 11.9. The monoisotopic (exact) mass is 402 g/mol. The molecule has 2 rings (SSSR count). The number of carbonyl (C=O) groups excluding carboxylic acids is 1. The molecule has 0 aromatic heterocycles. The highest BCUT2D eigenvalue weighted by molar-refractivity contribution is 9.11. The Morgan fingerprint density at radius 2 is 2.00 bits per heavy atom. The largest absolute Gasteiger partial charge is 0.341 e. The second kappa shape index (κ2) is 7.05. The fourth-order valence-corrected chi connectivity index (χ4v) is 3.36. The summed E-state index contributed by atoms with van der Waals surface area (Å²) in [6.07, 6.45) is 2.35. The van der Waals surface area contributed by atoms with Gasteiger partial charge in [0.25, 0.3) is 5.91 Å². The molecule has 1 fully saturated rings. The second-order valence-corrected chi connectivity index (χ2v) is 7.33. The van der Waals surface area contributed by atoms with Crippen LogP contribution in [0.4, 0.5) is 0 Å². The van der Waals surface area contributed by atoms with Crippen LogP contribution in [0.2, 0.25) is 0 Å². The molecule has 0 atom stereocenters. The van der Waals surface area contributed by atoms with Crippen molar-refractivity contribution < 1.29 is 4.79 Å². The number of rotatable bonds is 3. The summed E-state index contributed by atoms with van der Waals surface area (Å²) in [5.74, 6) is 0.697. The van der Waals surface area contributed by atoms with Crippen LogP contribution in [-0.2, 0) is 0 Å². The van der Waals surface area contributed by atoms with Gasteiger partial charge in [-0.05, 0) is 73.0 Å². The van der Waals surface area contributed by atoms with E-state index in [-0.39, 0.29) is 5.91 Å². The molecule has 0 unspecified atom stereocenters. The van der Waals surface area contributed by atoms with Crippen molar-refractivity contribution in [3.8, 4) is 0 Å². The van der Waals surface area contributed by atoms with Crippen molar-refractivity contribution in [3.05, 3.63) is 32.7 Å². The number of likely N-dealkylation sites (tertiary alicyclic amines) is 1. The highest BCUT2D eigenvalue weighted by atomic mass is 79.9. The van der Waals surface area contributed by atoms with E-state index in [0.29, 0.717) is 5.92 Å². The average Bonchev–Trinajstić information content (AvgIpc) is 2.43. The number of carbonyl (C=O) groups is 1. The average molecular weight is 404 g/mol. The van der Waals surface area contributed by atoms with E-state index in [1.165, 1.54) is 12.8 Å².